The fourth-order valence-electron chi connectivity index (χ4n) is 3.33. The Balaban J connectivity index is 1.73. The molecule has 1 fully saturated rings. The number of aryl methyl sites for hydroxylation is 2. The van der Waals surface area contributed by atoms with Gasteiger partial charge in [-0.05, 0) is 64.5 Å². The van der Waals surface area contributed by atoms with E-state index < -0.39 is 19.1 Å². The van der Waals surface area contributed by atoms with Gasteiger partial charge in [0.1, 0.15) is 17.0 Å². The molecule has 0 bridgehead atoms. The van der Waals surface area contributed by atoms with Crippen molar-refractivity contribution in [3.05, 3.63) is 16.8 Å². The Kier molecular flexibility index (Phi) is 2.41. The maximum atomic E-state index is 8.38. The topological polar surface area (TPSA) is 41.1 Å². The minimum absolute atomic E-state index is 0.0626. The standard InChI is InChI=1S/C17H24N4S/c1-21(2)12-8-6-11(7-9-12)20-16-15-13-4-3-5-14(13)22-17(15)19-10-18-16/h10-12H,3-9H2,1-2H3,(H,18,19,20)/i3D2,4D2,5D2. The molecule has 0 amide bonds. The number of hydrogen-bond acceptors (Lipinski definition) is 5. The van der Waals surface area contributed by atoms with Crippen molar-refractivity contribution >= 4 is 27.4 Å². The Hall–Kier alpha value is -1.20. The van der Waals surface area contributed by atoms with E-state index in [0.29, 0.717) is 22.1 Å². The average molecular weight is 323 g/mol. The molecule has 2 aliphatic rings. The van der Waals surface area contributed by atoms with Crippen LogP contribution >= 0.6 is 11.3 Å². The summed E-state index contributed by atoms with van der Waals surface area (Å²) in [5, 5.41) is 3.84. The molecule has 0 atom stereocenters. The molecule has 0 spiro atoms. The van der Waals surface area contributed by atoms with Crippen LogP contribution < -0.4 is 5.32 Å². The molecule has 0 aliphatic heterocycles. The Labute approximate surface area is 144 Å². The van der Waals surface area contributed by atoms with Gasteiger partial charge in [0.15, 0.2) is 0 Å². The summed E-state index contributed by atoms with van der Waals surface area (Å²) in [6, 6.07) is 0.758. The van der Waals surface area contributed by atoms with E-state index in [1.165, 1.54) is 6.33 Å². The van der Waals surface area contributed by atoms with Crippen LogP contribution in [-0.2, 0) is 12.7 Å². The van der Waals surface area contributed by atoms with Crippen molar-refractivity contribution in [3.8, 4) is 0 Å². The lowest BCUT2D eigenvalue weighted by Crippen LogP contribution is -2.36. The van der Waals surface area contributed by atoms with Crippen LogP contribution in [0.1, 0.15) is 50.7 Å². The molecule has 118 valence electrons. The van der Waals surface area contributed by atoms with Crippen molar-refractivity contribution in [1.82, 2.24) is 14.9 Å². The highest BCUT2D eigenvalue weighted by atomic mass is 32.1. The van der Waals surface area contributed by atoms with Crippen molar-refractivity contribution in [2.45, 2.75) is 56.9 Å². The molecule has 4 rings (SSSR count). The van der Waals surface area contributed by atoms with E-state index in [-0.39, 0.29) is 16.5 Å². The van der Waals surface area contributed by atoms with Crippen molar-refractivity contribution in [1.29, 1.82) is 0 Å². The molecule has 2 heterocycles. The van der Waals surface area contributed by atoms with Crippen molar-refractivity contribution in [2.75, 3.05) is 19.4 Å². The molecule has 0 aromatic carbocycles. The lowest BCUT2D eigenvalue weighted by molar-refractivity contribution is 0.221. The zero-order valence-electron chi connectivity index (χ0n) is 18.8. The van der Waals surface area contributed by atoms with Gasteiger partial charge in [-0.2, -0.15) is 0 Å². The van der Waals surface area contributed by atoms with Gasteiger partial charge in [0.2, 0.25) is 0 Å². The number of rotatable bonds is 3. The van der Waals surface area contributed by atoms with E-state index >= 15 is 0 Å². The third-order valence-corrected chi connectivity index (χ3v) is 5.63. The number of nitrogens with zero attached hydrogens (tertiary/aromatic N) is 3. The maximum Gasteiger partial charge on any atom is 0.138 e. The molecule has 0 unspecified atom stereocenters. The summed E-state index contributed by atoms with van der Waals surface area (Å²) in [5.74, 6) is 0.480. The molecule has 0 radical (unpaired) electrons. The lowest BCUT2D eigenvalue weighted by Gasteiger charge is -2.33. The largest absolute Gasteiger partial charge is 0.367 e. The number of nitrogens with one attached hydrogen (secondary N) is 1. The number of fused-ring (bicyclic) bond motifs is 3. The monoisotopic (exact) mass is 322 g/mol. The van der Waals surface area contributed by atoms with Gasteiger partial charge in [-0.1, -0.05) is 0 Å². The van der Waals surface area contributed by atoms with Crippen molar-refractivity contribution in [2.24, 2.45) is 0 Å². The second-order valence-corrected chi connectivity index (χ2v) is 7.20. The first-order chi connectivity index (χ1) is 13.0. The fourth-order valence-corrected chi connectivity index (χ4v) is 4.28. The van der Waals surface area contributed by atoms with Crippen LogP contribution in [0.2, 0.25) is 0 Å². The number of aromatic nitrogens is 2. The molecule has 2 aliphatic carbocycles. The highest BCUT2D eigenvalue weighted by Crippen LogP contribution is 2.39. The van der Waals surface area contributed by atoms with E-state index in [1.54, 1.807) is 0 Å². The van der Waals surface area contributed by atoms with E-state index in [2.05, 4.69) is 34.3 Å². The van der Waals surface area contributed by atoms with E-state index in [9.17, 15) is 0 Å². The highest BCUT2D eigenvalue weighted by molar-refractivity contribution is 7.19. The van der Waals surface area contributed by atoms with Gasteiger partial charge < -0.3 is 10.2 Å². The molecular formula is C17H24N4S. The lowest BCUT2D eigenvalue weighted by atomic mass is 9.90. The molecule has 22 heavy (non-hydrogen) atoms. The van der Waals surface area contributed by atoms with Crippen LogP contribution in [0.4, 0.5) is 5.82 Å². The van der Waals surface area contributed by atoms with Gasteiger partial charge >= 0.3 is 0 Å². The summed E-state index contributed by atoms with van der Waals surface area (Å²) in [5.41, 5.74) is 0.0626. The summed E-state index contributed by atoms with van der Waals surface area (Å²) in [4.78, 5) is 11.4. The summed E-state index contributed by atoms with van der Waals surface area (Å²) in [6.45, 7) is 0. The zero-order chi connectivity index (χ0) is 20.5. The van der Waals surface area contributed by atoms with Crippen LogP contribution in [0.3, 0.4) is 0 Å². The van der Waals surface area contributed by atoms with Gasteiger partial charge in [-0.25, -0.2) is 9.97 Å². The summed E-state index contributed by atoms with van der Waals surface area (Å²) in [7, 11) is 4.18. The normalized spacial score (nSPS) is 35.8. The Morgan fingerprint density at radius 2 is 2.05 bits per heavy atom. The number of hydrogen-bond donors (Lipinski definition) is 1. The van der Waals surface area contributed by atoms with Crippen LogP contribution in [0.25, 0.3) is 10.2 Å². The van der Waals surface area contributed by atoms with Gasteiger partial charge in [0.05, 0.1) is 5.39 Å². The van der Waals surface area contributed by atoms with Crippen LogP contribution in [0, 0.1) is 0 Å². The quantitative estimate of drug-likeness (QED) is 0.939. The number of thiophene rings is 1. The van der Waals surface area contributed by atoms with Gasteiger partial charge in [0, 0.05) is 25.2 Å². The summed E-state index contributed by atoms with van der Waals surface area (Å²) < 4.78 is 49.5. The van der Waals surface area contributed by atoms with Crippen LogP contribution in [0.15, 0.2) is 6.33 Å². The van der Waals surface area contributed by atoms with Gasteiger partial charge in [0.25, 0.3) is 0 Å². The summed E-state index contributed by atoms with van der Waals surface area (Å²) >= 11 is 1.03. The maximum absolute atomic E-state index is 8.38. The van der Waals surface area contributed by atoms with Crippen molar-refractivity contribution < 1.29 is 8.22 Å². The van der Waals surface area contributed by atoms with Crippen molar-refractivity contribution in [3.63, 3.8) is 0 Å². The Morgan fingerprint density at radius 3 is 2.82 bits per heavy atom. The molecule has 5 heteroatoms. The highest BCUT2D eigenvalue weighted by Gasteiger charge is 2.25. The van der Waals surface area contributed by atoms with E-state index in [4.69, 9.17) is 8.22 Å². The average Bonchev–Trinajstić information content (AvgIpc) is 3.07. The fraction of sp³-hybridized carbons (Fsp3) is 0.647. The van der Waals surface area contributed by atoms with Gasteiger partial charge in [-0.3, -0.25) is 0 Å². The molecule has 1 saturated carbocycles. The molecule has 1 N–H and O–H groups in total. The molecule has 0 saturated heterocycles. The second kappa shape index (κ2) is 5.78. The van der Waals surface area contributed by atoms with Crippen LogP contribution in [-0.4, -0.2) is 41.0 Å². The van der Waals surface area contributed by atoms with E-state index in [1.807, 2.05) is 0 Å². The third-order valence-electron chi connectivity index (χ3n) is 4.62. The SMILES string of the molecule is [2H]C1([2H])c2sc3ncnc(NC4CCC(N(C)C)CC4)c3c2C([2H])([2H])C1([2H])[2H]. The summed E-state index contributed by atoms with van der Waals surface area (Å²) in [6.07, 6.45) is -2.08. The van der Waals surface area contributed by atoms with Crippen LogP contribution in [0.5, 0.6) is 0 Å². The first-order valence-electron chi connectivity index (χ1n) is 10.7. The first kappa shape index (κ1) is 9.18. The molecular weight excluding hydrogens is 292 g/mol. The smallest absolute Gasteiger partial charge is 0.138 e. The first-order valence-corrected chi connectivity index (χ1v) is 8.51. The Morgan fingerprint density at radius 1 is 1.23 bits per heavy atom. The van der Waals surface area contributed by atoms with E-state index in [0.717, 1.165) is 37.0 Å². The predicted molar refractivity (Wildman–Crippen MR) is 92.8 cm³/mol. The Bertz CT molecular complexity index is 904. The zero-order valence-corrected chi connectivity index (χ0v) is 13.6. The second-order valence-electron chi connectivity index (χ2n) is 6.20. The predicted octanol–water partition coefficient (Wildman–Crippen LogP) is 3.46. The molecule has 2 aromatic heterocycles. The minimum atomic E-state index is -2.66. The third kappa shape index (κ3) is 2.50. The molecule has 4 nitrogen and oxygen atoms in total. The molecule has 2 aromatic rings. The number of anilines is 1. The van der Waals surface area contributed by atoms with Gasteiger partial charge in [-0.15, -0.1) is 11.3 Å². The minimum Gasteiger partial charge on any atom is -0.367 e.